The van der Waals surface area contributed by atoms with Crippen LogP contribution < -0.4 is 0 Å². The normalized spacial score (nSPS) is 16.7. The average molecular weight is 410 g/mol. The standard InChI is InChI=1S/C16H14Br2N2O/c1-16(2)6-13-10(14(21)7-16)8-19-15(20-13)9-3-4-11(17)12(18)5-9/h3-5,8H,6-7H2,1-2H3. The van der Waals surface area contributed by atoms with Crippen molar-refractivity contribution in [3.63, 3.8) is 0 Å². The van der Waals surface area contributed by atoms with Crippen molar-refractivity contribution in [2.45, 2.75) is 26.7 Å². The Morgan fingerprint density at radius 2 is 1.90 bits per heavy atom. The largest absolute Gasteiger partial charge is 0.294 e. The maximum atomic E-state index is 12.2. The first-order valence-corrected chi connectivity index (χ1v) is 8.29. The molecule has 1 heterocycles. The van der Waals surface area contributed by atoms with Gasteiger partial charge in [-0.15, -0.1) is 0 Å². The molecule has 0 bridgehead atoms. The highest BCUT2D eigenvalue weighted by atomic mass is 79.9. The third-order valence-electron chi connectivity index (χ3n) is 3.63. The fourth-order valence-corrected chi connectivity index (χ4v) is 3.23. The molecular formula is C16H14Br2N2O. The number of nitrogens with zero attached hydrogens (tertiary/aromatic N) is 2. The average Bonchev–Trinajstić information content (AvgIpc) is 2.40. The van der Waals surface area contributed by atoms with E-state index in [0.29, 0.717) is 17.8 Å². The summed E-state index contributed by atoms with van der Waals surface area (Å²) in [7, 11) is 0. The minimum atomic E-state index is -0.0317. The predicted octanol–water partition coefficient (Wildman–Crippen LogP) is 4.82. The summed E-state index contributed by atoms with van der Waals surface area (Å²) >= 11 is 6.94. The van der Waals surface area contributed by atoms with E-state index in [9.17, 15) is 4.79 Å². The molecule has 108 valence electrons. The number of halogens is 2. The summed E-state index contributed by atoms with van der Waals surface area (Å²) in [5, 5.41) is 0. The van der Waals surface area contributed by atoms with E-state index in [0.717, 1.165) is 26.6 Å². The van der Waals surface area contributed by atoms with Gasteiger partial charge in [0.15, 0.2) is 11.6 Å². The molecule has 1 aliphatic carbocycles. The molecule has 0 saturated carbocycles. The molecule has 2 aromatic rings. The van der Waals surface area contributed by atoms with Crippen molar-refractivity contribution >= 4 is 37.6 Å². The Hall–Kier alpha value is -1.07. The number of hydrogen-bond donors (Lipinski definition) is 0. The molecule has 0 aliphatic heterocycles. The van der Waals surface area contributed by atoms with Crippen molar-refractivity contribution in [3.05, 3.63) is 44.6 Å². The number of ketones is 1. The van der Waals surface area contributed by atoms with Gasteiger partial charge in [0, 0.05) is 27.1 Å². The van der Waals surface area contributed by atoms with Gasteiger partial charge < -0.3 is 0 Å². The van der Waals surface area contributed by atoms with Crippen molar-refractivity contribution in [2.75, 3.05) is 0 Å². The van der Waals surface area contributed by atoms with Gasteiger partial charge in [0.1, 0.15) is 0 Å². The summed E-state index contributed by atoms with van der Waals surface area (Å²) in [6, 6.07) is 5.89. The topological polar surface area (TPSA) is 42.9 Å². The van der Waals surface area contributed by atoms with Crippen LogP contribution >= 0.6 is 31.9 Å². The van der Waals surface area contributed by atoms with Gasteiger partial charge in [0.25, 0.3) is 0 Å². The zero-order valence-electron chi connectivity index (χ0n) is 11.8. The van der Waals surface area contributed by atoms with Crippen LogP contribution in [0.25, 0.3) is 11.4 Å². The smallest absolute Gasteiger partial charge is 0.166 e. The summed E-state index contributed by atoms with van der Waals surface area (Å²) in [5.41, 5.74) is 2.44. The summed E-state index contributed by atoms with van der Waals surface area (Å²) < 4.78 is 1.94. The molecule has 0 N–H and O–H groups in total. The van der Waals surface area contributed by atoms with Crippen LogP contribution in [0.3, 0.4) is 0 Å². The fourth-order valence-electron chi connectivity index (χ4n) is 2.60. The Balaban J connectivity index is 2.07. The molecule has 3 nitrogen and oxygen atoms in total. The van der Waals surface area contributed by atoms with Crippen molar-refractivity contribution in [3.8, 4) is 11.4 Å². The van der Waals surface area contributed by atoms with E-state index in [1.54, 1.807) is 6.20 Å². The van der Waals surface area contributed by atoms with Gasteiger partial charge in [-0.25, -0.2) is 9.97 Å². The quantitative estimate of drug-likeness (QED) is 0.677. The fraction of sp³-hybridized carbons (Fsp3) is 0.312. The zero-order valence-corrected chi connectivity index (χ0v) is 15.0. The van der Waals surface area contributed by atoms with Gasteiger partial charge in [-0.1, -0.05) is 13.8 Å². The Morgan fingerprint density at radius 1 is 1.14 bits per heavy atom. The lowest BCUT2D eigenvalue weighted by Gasteiger charge is -2.29. The molecule has 0 radical (unpaired) electrons. The second kappa shape index (κ2) is 5.29. The van der Waals surface area contributed by atoms with Gasteiger partial charge in [0.05, 0.1) is 11.3 Å². The van der Waals surface area contributed by atoms with Gasteiger partial charge in [-0.05, 0) is 61.9 Å². The lowest BCUT2D eigenvalue weighted by molar-refractivity contribution is 0.0910. The molecule has 0 fully saturated rings. The molecule has 1 aromatic heterocycles. The molecule has 1 aromatic carbocycles. The van der Waals surface area contributed by atoms with Crippen LogP contribution in [0, 0.1) is 5.41 Å². The van der Waals surface area contributed by atoms with Crippen LogP contribution in [0.1, 0.15) is 36.3 Å². The zero-order chi connectivity index (χ0) is 15.2. The maximum absolute atomic E-state index is 12.2. The Labute approximate surface area is 140 Å². The Bertz CT molecular complexity index is 741. The molecule has 3 rings (SSSR count). The van der Waals surface area contributed by atoms with Crippen molar-refractivity contribution in [2.24, 2.45) is 5.41 Å². The third kappa shape index (κ3) is 2.94. The van der Waals surface area contributed by atoms with E-state index < -0.39 is 0 Å². The molecule has 0 unspecified atom stereocenters. The van der Waals surface area contributed by atoms with Crippen LogP contribution in [-0.2, 0) is 6.42 Å². The van der Waals surface area contributed by atoms with Crippen LogP contribution in [0.15, 0.2) is 33.3 Å². The Kier molecular flexibility index (Phi) is 3.74. The number of benzene rings is 1. The highest BCUT2D eigenvalue weighted by Gasteiger charge is 2.32. The highest BCUT2D eigenvalue weighted by Crippen LogP contribution is 2.34. The molecular weight excluding hydrogens is 396 g/mol. The summed E-state index contributed by atoms with van der Waals surface area (Å²) in [6.07, 6.45) is 3.04. The number of carbonyl (C=O) groups is 1. The number of fused-ring (bicyclic) bond motifs is 1. The second-order valence-electron chi connectivity index (χ2n) is 6.12. The first-order chi connectivity index (χ1) is 9.85. The van der Waals surface area contributed by atoms with Crippen LogP contribution in [0.4, 0.5) is 0 Å². The molecule has 0 amide bonds. The molecule has 0 atom stereocenters. The van der Waals surface area contributed by atoms with Crippen molar-refractivity contribution < 1.29 is 4.79 Å². The summed E-state index contributed by atoms with van der Waals surface area (Å²) in [5.74, 6) is 0.803. The summed E-state index contributed by atoms with van der Waals surface area (Å²) in [6.45, 7) is 4.21. The number of rotatable bonds is 1. The first kappa shape index (κ1) is 14.9. The number of Topliss-reactive ketones (excluding diaryl/α,β-unsaturated/α-hetero) is 1. The molecule has 0 saturated heterocycles. The van der Waals surface area contributed by atoms with E-state index >= 15 is 0 Å². The predicted molar refractivity (Wildman–Crippen MR) is 89.3 cm³/mol. The minimum Gasteiger partial charge on any atom is -0.294 e. The van der Waals surface area contributed by atoms with E-state index in [4.69, 9.17) is 0 Å². The Morgan fingerprint density at radius 3 is 2.62 bits per heavy atom. The van der Waals surface area contributed by atoms with E-state index in [1.165, 1.54) is 0 Å². The van der Waals surface area contributed by atoms with Gasteiger partial charge in [0.2, 0.25) is 0 Å². The van der Waals surface area contributed by atoms with Gasteiger partial charge >= 0.3 is 0 Å². The van der Waals surface area contributed by atoms with E-state index in [1.807, 2.05) is 18.2 Å². The van der Waals surface area contributed by atoms with Crippen LogP contribution in [-0.4, -0.2) is 15.8 Å². The maximum Gasteiger partial charge on any atom is 0.166 e. The first-order valence-electron chi connectivity index (χ1n) is 6.70. The van der Waals surface area contributed by atoms with E-state index in [-0.39, 0.29) is 11.2 Å². The van der Waals surface area contributed by atoms with Gasteiger partial charge in [-0.2, -0.15) is 0 Å². The lowest BCUT2D eigenvalue weighted by atomic mass is 9.76. The van der Waals surface area contributed by atoms with Crippen LogP contribution in [0.5, 0.6) is 0 Å². The highest BCUT2D eigenvalue weighted by molar-refractivity contribution is 9.13. The van der Waals surface area contributed by atoms with Gasteiger partial charge in [-0.3, -0.25) is 4.79 Å². The monoisotopic (exact) mass is 408 g/mol. The van der Waals surface area contributed by atoms with E-state index in [2.05, 4.69) is 55.7 Å². The SMILES string of the molecule is CC1(C)CC(=O)c2cnc(-c3ccc(Br)c(Br)c3)nc2C1. The third-order valence-corrected chi connectivity index (χ3v) is 5.51. The number of carbonyl (C=O) groups excluding carboxylic acids is 1. The lowest BCUT2D eigenvalue weighted by Crippen LogP contribution is -2.28. The second-order valence-corrected chi connectivity index (χ2v) is 7.83. The molecule has 5 heteroatoms. The molecule has 1 aliphatic rings. The molecule has 21 heavy (non-hydrogen) atoms. The number of hydrogen-bond acceptors (Lipinski definition) is 3. The summed E-state index contributed by atoms with van der Waals surface area (Å²) in [4.78, 5) is 21.1. The van der Waals surface area contributed by atoms with Crippen LogP contribution in [0.2, 0.25) is 0 Å². The van der Waals surface area contributed by atoms with Crippen molar-refractivity contribution in [1.29, 1.82) is 0 Å². The molecule has 0 spiro atoms. The number of aromatic nitrogens is 2. The van der Waals surface area contributed by atoms with Crippen molar-refractivity contribution in [1.82, 2.24) is 9.97 Å². The minimum absolute atomic E-state index is 0.0317.